The van der Waals surface area contributed by atoms with Crippen molar-refractivity contribution in [2.75, 3.05) is 0 Å². The summed E-state index contributed by atoms with van der Waals surface area (Å²) in [6.07, 6.45) is 16.3. The molecule has 0 aliphatic heterocycles. The van der Waals surface area contributed by atoms with Crippen LogP contribution in [0.25, 0.3) is 0 Å². The largest absolute Gasteiger partial charge is 0.0769 e. The van der Waals surface area contributed by atoms with E-state index in [2.05, 4.69) is 13.8 Å². The van der Waals surface area contributed by atoms with E-state index in [4.69, 9.17) is 0 Å². The van der Waals surface area contributed by atoms with Gasteiger partial charge in [0.2, 0.25) is 0 Å². The van der Waals surface area contributed by atoms with Crippen LogP contribution in [0, 0.1) is 11.8 Å². The van der Waals surface area contributed by atoms with Gasteiger partial charge in [-0.3, -0.25) is 0 Å². The molecule has 0 nitrogen and oxygen atoms in total. The molecule has 0 saturated heterocycles. The van der Waals surface area contributed by atoms with Gasteiger partial charge >= 0.3 is 0 Å². The van der Waals surface area contributed by atoms with Gasteiger partial charge in [-0.2, -0.15) is 0 Å². The molecule has 0 heteroatoms. The summed E-state index contributed by atoms with van der Waals surface area (Å²) >= 11 is 0. The smallest absolute Gasteiger partial charge is 0.0172 e. The van der Waals surface area contributed by atoms with Crippen molar-refractivity contribution in [3.05, 3.63) is 11.1 Å². The van der Waals surface area contributed by atoms with Crippen LogP contribution in [-0.2, 0) is 0 Å². The normalized spacial score (nSPS) is 28.6. The third-order valence-electron chi connectivity index (χ3n) is 5.02. The maximum absolute atomic E-state index is 2.35. The van der Waals surface area contributed by atoms with Crippen molar-refractivity contribution in [2.45, 2.75) is 84.5 Å². The third kappa shape index (κ3) is 3.60. The SMILES string of the molecule is CC(C)=C1CCCCCC1C1CCCCCC1. The van der Waals surface area contributed by atoms with Gasteiger partial charge in [-0.05, 0) is 57.8 Å². The molecule has 0 N–H and O–H groups in total. The molecule has 17 heavy (non-hydrogen) atoms. The lowest BCUT2D eigenvalue weighted by Gasteiger charge is -2.28. The Morgan fingerprint density at radius 1 is 0.765 bits per heavy atom. The molecule has 2 rings (SSSR count). The lowest BCUT2D eigenvalue weighted by atomic mass is 9.77. The summed E-state index contributed by atoms with van der Waals surface area (Å²) < 4.78 is 0. The minimum Gasteiger partial charge on any atom is -0.0769 e. The zero-order valence-electron chi connectivity index (χ0n) is 11.9. The molecule has 98 valence electrons. The first-order chi connectivity index (χ1) is 8.29. The summed E-state index contributed by atoms with van der Waals surface area (Å²) in [5.41, 5.74) is 3.50. The Hall–Kier alpha value is -0.260. The summed E-state index contributed by atoms with van der Waals surface area (Å²) in [4.78, 5) is 0. The number of rotatable bonds is 1. The highest BCUT2D eigenvalue weighted by molar-refractivity contribution is 5.15. The van der Waals surface area contributed by atoms with E-state index >= 15 is 0 Å². The molecule has 1 atom stereocenters. The fourth-order valence-corrected chi connectivity index (χ4v) is 4.07. The molecule has 2 saturated carbocycles. The lowest BCUT2D eigenvalue weighted by molar-refractivity contribution is 0.316. The monoisotopic (exact) mass is 234 g/mol. The highest BCUT2D eigenvalue weighted by Crippen LogP contribution is 2.40. The molecular formula is C17H30. The molecule has 0 radical (unpaired) electrons. The van der Waals surface area contributed by atoms with Crippen LogP contribution in [0.1, 0.15) is 84.5 Å². The summed E-state index contributed by atoms with van der Waals surface area (Å²) in [6, 6.07) is 0. The molecule has 2 aliphatic rings. The highest BCUT2D eigenvalue weighted by atomic mass is 14.3. The quantitative estimate of drug-likeness (QED) is 0.393. The molecule has 1 unspecified atom stereocenters. The highest BCUT2D eigenvalue weighted by Gasteiger charge is 2.27. The van der Waals surface area contributed by atoms with Crippen LogP contribution >= 0.6 is 0 Å². The maximum Gasteiger partial charge on any atom is -0.0172 e. The molecule has 2 aliphatic carbocycles. The van der Waals surface area contributed by atoms with Gasteiger partial charge < -0.3 is 0 Å². The topological polar surface area (TPSA) is 0 Å². The van der Waals surface area contributed by atoms with E-state index in [1.54, 1.807) is 5.57 Å². The van der Waals surface area contributed by atoms with Crippen LogP contribution in [0.3, 0.4) is 0 Å². The fourth-order valence-electron chi connectivity index (χ4n) is 4.07. The molecule has 0 aromatic heterocycles. The average Bonchev–Trinajstić information content (AvgIpc) is 2.71. The summed E-state index contributed by atoms with van der Waals surface area (Å²) in [5, 5.41) is 0. The standard InChI is InChI=1S/C17H30/c1-14(2)16-12-8-5-9-13-17(16)15-10-6-3-4-7-11-15/h15,17H,3-13H2,1-2H3. The number of allylic oxidation sites excluding steroid dienone is 2. The van der Waals surface area contributed by atoms with Crippen LogP contribution in [0.4, 0.5) is 0 Å². The van der Waals surface area contributed by atoms with Crippen molar-refractivity contribution < 1.29 is 0 Å². The Morgan fingerprint density at radius 3 is 2.00 bits per heavy atom. The predicted octanol–water partition coefficient (Wildman–Crippen LogP) is 5.87. The van der Waals surface area contributed by atoms with Crippen molar-refractivity contribution in [1.82, 2.24) is 0 Å². The summed E-state index contributed by atoms with van der Waals surface area (Å²) in [6.45, 7) is 4.70. The zero-order chi connectivity index (χ0) is 12.1. The van der Waals surface area contributed by atoms with Crippen LogP contribution in [0.15, 0.2) is 11.1 Å². The first kappa shape index (κ1) is 13.2. The minimum atomic E-state index is 0.959. The Labute approximate surface area is 108 Å². The van der Waals surface area contributed by atoms with E-state index in [9.17, 15) is 0 Å². The van der Waals surface area contributed by atoms with E-state index in [0.717, 1.165) is 11.8 Å². The second kappa shape index (κ2) is 6.61. The zero-order valence-corrected chi connectivity index (χ0v) is 11.9. The van der Waals surface area contributed by atoms with Crippen molar-refractivity contribution in [3.8, 4) is 0 Å². The van der Waals surface area contributed by atoms with Crippen molar-refractivity contribution in [3.63, 3.8) is 0 Å². The Kier molecular flexibility index (Phi) is 5.13. The molecular weight excluding hydrogens is 204 g/mol. The predicted molar refractivity (Wildman–Crippen MR) is 76.1 cm³/mol. The van der Waals surface area contributed by atoms with Crippen LogP contribution < -0.4 is 0 Å². The van der Waals surface area contributed by atoms with E-state index in [-0.39, 0.29) is 0 Å². The van der Waals surface area contributed by atoms with Gasteiger partial charge in [0.25, 0.3) is 0 Å². The van der Waals surface area contributed by atoms with Gasteiger partial charge in [0.05, 0.1) is 0 Å². The Balaban J connectivity index is 2.10. The van der Waals surface area contributed by atoms with Gasteiger partial charge in [0, 0.05) is 0 Å². The Morgan fingerprint density at radius 2 is 1.35 bits per heavy atom. The molecule has 0 spiro atoms. The number of hydrogen-bond donors (Lipinski definition) is 0. The molecule has 0 bridgehead atoms. The number of hydrogen-bond acceptors (Lipinski definition) is 0. The van der Waals surface area contributed by atoms with Crippen LogP contribution in [0.5, 0.6) is 0 Å². The van der Waals surface area contributed by atoms with Gasteiger partial charge in [-0.25, -0.2) is 0 Å². The van der Waals surface area contributed by atoms with Crippen molar-refractivity contribution in [1.29, 1.82) is 0 Å². The molecule has 2 fully saturated rings. The molecule has 0 aromatic carbocycles. The van der Waals surface area contributed by atoms with E-state index in [0.29, 0.717) is 0 Å². The molecule has 0 amide bonds. The van der Waals surface area contributed by atoms with E-state index in [1.165, 1.54) is 70.6 Å². The van der Waals surface area contributed by atoms with Gasteiger partial charge in [0.1, 0.15) is 0 Å². The first-order valence-electron chi connectivity index (χ1n) is 7.95. The average molecular weight is 234 g/mol. The lowest BCUT2D eigenvalue weighted by Crippen LogP contribution is -2.17. The van der Waals surface area contributed by atoms with Crippen molar-refractivity contribution >= 4 is 0 Å². The second-order valence-electron chi connectivity index (χ2n) is 6.48. The summed E-state index contributed by atoms with van der Waals surface area (Å²) in [5.74, 6) is 1.99. The fraction of sp³-hybridized carbons (Fsp3) is 0.882. The maximum atomic E-state index is 2.35. The summed E-state index contributed by atoms with van der Waals surface area (Å²) in [7, 11) is 0. The first-order valence-corrected chi connectivity index (χ1v) is 7.95. The van der Waals surface area contributed by atoms with E-state index in [1.807, 2.05) is 5.57 Å². The third-order valence-corrected chi connectivity index (χ3v) is 5.02. The Bertz CT molecular complexity index is 249. The van der Waals surface area contributed by atoms with Gasteiger partial charge in [0.15, 0.2) is 0 Å². The van der Waals surface area contributed by atoms with E-state index < -0.39 is 0 Å². The molecule has 0 heterocycles. The van der Waals surface area contributed by atoms with Crippen LogP contribution in [-0.4, -0.2) is 0 Å². The second-order valence-corrected chi connectivity index (χ2v) is 6.48. The minimum absolute atomic E-state index is 0.959. The van der Waals surface area contributed by atoms with Gasteiger partial charge in [-0.15, -0.1) is 0 Å². The van der Waals surface area contributed by atoms with Crippen molar-refractivity contribution in [2.24, 2.45) is 11.8 Å². The molecule has 0 aromatic rings. The van der Waals surface area contributed by atoms with Gasteiger partial charge in [-0.1, -0.05) is 49.7 Å². The van der Waals surface area contributed by atoms with Crippen LogP contribution in [0.2, 0.25) is 0 Å².